The summed E-state index contributed by atoms with van der Waals surface area (Å²) in [4.78, 5) is 0. The van der Waals surface area contributed by atoms with Gasteiger partial charge in [-0.2, -0.15) is 0 Å². The first-order chi connectivity index (χ1) is 9.25. The molecule has 0 unspecified atom stereocenters. The molecule has 4 heteroatoms. The zero-order valence-electron chi connectivity index (χ0n) is 11.2. The van der Waals surface area contributed by atoms with Crippen molar-refractivity contribution in [3.8, 4) is 11.5 Å². The number of anilines is 1. The van der Waals surface area contributed by atoms with Crippen LogP contribution < -0.4 is 5.73 Å². The van der Waals surface area contributed by atoms with Crippen LogP contribution in [0, 0.1) is 6.92 Å². The van der Waals surface area contributed by atoms with Gasteiger partial charge < -0.3 is 10.2 Å². The van der Waals surface area contributed by atoms with Gasteiger partial charge in [-0.05, 0) is 31.4 Å². The number of aromatic nitrogens is 2. The highest BCUT2D eigenvalue weighted by molar-refractivity contribution is 5.73. The number of rotatable bonds is 2. The van der Waals surface area contributed by atoms with Crippen molar-refractivity contribution in [3.63, 3.8) is 0 Å². The fraction of sp³-hybridized carbons (Fsp3) is 0.467. The first kappa shape index (κ1) is 12.2. The fourth-order valence-corrected chi connectivity index (χ4v) is 2.83. The summed E-state index contributed by atoms with van der Waals surface area (Å²) in [5.41, 5.74) is 8.65. The molecule has 0 bridgehead atoms. The Kier molecular flexibility index (Phi) is 3.23. The van der Waals surface area contributed by atoms with Crippen LogP contribution in [0.3, 0.4) is 0 Å². The molecule has 4 nitrogen and oxygen atoms in total. The molecule has 3 rings (SSSR count). The summed E-state index contributed by atoms with van der Waals surface area (Å²) in [7, 11) is 0. The molecule has 1 aliphatic carbocycles. The summed E-state index contributed by atoms with van der Waals surface area (Å²) in [5, 5.41) is 8.41. The molecule has 19 heavy (non-hydrogen) atoms. The minimum atomic E-state index is 0.431. The number of hydrogen-bond acceptors (Lipinski definition) is 4. The van der Waals surface area contributed by atoms with E-state index in [1.807, 2.05) is 25.1 Å². The molecule has 1 aromatic heterocycles. The zero-order valence-corrected chi connectivity index (χ0v) is 11.2. The molecule has 1 saturated carbocycles. The van der Waals surface area contributed by atoms with Crippen molar-refractivity contribution in [3.05, 3.63) is 29.7 Å². The molecule has 2 N–H and O–H groups in total. The molecule has 1 fully saturated rings. The Balaban J connectivity index is 1.92. The van der Waals surface area contributed by atoms with Gasteiger partial charge in [-0.25, -0.2) is 0 Å². The first-order valence-corrected chi connectivity index (χ1v) is 6.94. The van der Waals surface area contributed by atoms with Crippen LogP contribution in [0.1, 0.15) is 49.5 Å². The summed E-state index contributed by atoms with van der Waals surface area (Å²) in [6.45, 7) is 2.01. The van der Waals surface area contributed by atoms with E-state index in [-0.39, 0.29) is 0 Å². The van der Waals surface area contributed by atoms with Gasteiger partial charge in [0.1, 0.15) is 0 Å². The van der Waals surface area contributed by atoms with E-state index in [1.54, 1.807) is 0 Å². The number of aryl methyl sites for hydroxylation is 1. The van der Waals surface area contributed by atoms with E-state index in [0.29, 0.717) is 17.5 Å². The van der Waals surface area contributed by atoms with Gasteiger partial charge in [0.25, 0.3) is 0 Å². The molecule has 0 atom stereocenters. The number of nitrogen functional groups attached to an aromatic ring is 1. The Morgan fingerprint density at radius 3 is 2.68 bits per heavy atom. The van der Waals surface area contributed by atoms with Crippen molar-refractivity contribution >= 4 is 5.69 Å². The highest BCUT2D eigenvalue weighted by atomic mass is 16.4. The normalized spacial score (nSPS) is 16.7. The van der Waals surface area contributed by atoms with Crippen LogP contribution in [-0.4, -0.2) is 10.2 Å². The molecule has 1 heterocycles. The Morgan fingerprint density at radius 1 is 1.16 bits per heavy atom. The lowest BCUT2D eigenvalue weighted by Gasteiger charge is -2.17. The van der Waals surface area contributed by atoms with Crippen LogP contribution in [0.25, 0.3) is 11.5 Å². The van der Waals surface area contributed by atoms with Crippen LogP contribution in [0.15, 0.2) is 22.6 Å². The topological polar surface area (TPSA) is 64.9 Å². The number of nitrogens with zero attached hydrogens (tertiary/aromatic N) is 2. The average Bonchev–Trinajstić information content (AvgIpc) is 2.89. The monoisotopic (exact) mass is 257 g/mol. The molecular weight excluding hydrogens is 238 g/mol. The van der Waals surface area contributed by atoms with Crippen molar-refractivity contribution < 1.29 is 4.42 Å². The van der Waals surface area contributed by atoms with E-state index in [0.717, 1.165) is 29.9 Å². The molecule has 1 aliphatic rings. The number of nitrogens with two attached hydrogens (primary N) is 1. The number of hydrogen-bond donors (Lipinski definition) is 1. The summed E-state index contributed by atoms with van der Waals surface area (Å²) in [6.07, 6.45) is 6.15. The molecule has 0 aliphatic heterocycles. The predicted octanol–water partition coefficient (Wildman–Crippen LogP) is 3.67. The molecular formula is C15H19N3O. The average molecular weight is 257 g/mol. The predicted molar refractivity (Wildman–Crippen MR) is 74.7 cm³/mol. The molecule has 1 aromatic carbocycles. The quantitative estimate of drug-likeness (QED) is 0.833. The zero-order chi connectivity index (χ0) is 13.2. The molecule has 2 aromatic rings. The van der Waals surface area contributed by atoms with Gasteiger partial charge in [-0.15, -0.1) is 10.2 Å². The maximum atomic E-state index is 6.01. The third kappa shape index (κ3) is 2.35. The Labute approximate surface area is 113 Å². The van der Waals surface area contributed by atoms with E-state index in [9.17, 15) is 0 Å². The van der Waals surface area contributed by atoms with Gasteiger partial charge in [0.2, 0.25) is 11.8 Å². The second-order valence-electron chi connectivity index (χ2n) is 5.32. The summed E-state index contributed by atoms with van der Waals surface area (Å²) >= 11 is 0. The maximum Gasteiger partial charge on any atom is 0.250 e. The highest BCUT2D eigenvalue weighted by Gasteiger charge is 2.22. The third-order valence-electron chi connectivity index (χ3n) is 3.91. The minimum Gasteiger partial charge on any atom is -0.420 e. The Bertz CT molecular complexity index is 550. The summed E-state index contributed by atoms with van der Waals surface area (Å²) < 4.78 is 5.87. The SMILES string of the molecule is Cc1cccc(N)c1-c1nnc(C2CCCCC2)o1. The van der Waals surface area contributed by atoms with Crippen molar-refractivity contribution in [1.82, 2.24) is 10.2 Å². The van der Waals surface area contributed by atoms with Gasteiger partial charge >= 0.3 is 0 Å². The van der Waals surface area contributed by atoms with Crippen molar-refractivity contribution in [2.24, 2.45) is 0 Å². The fourth-order valence-electron chi connectivity index (χ4n) is 2.83. The van der Waals surface area contributed by atoms with Gasteiger partial charge in [0.15, 0.2) is 0 Å². The second kappa shape index (κ2) is 5.03. The molecule has 0 radical (unpaired) electrons. The smallest absolute Gasteiger partial charge is 0.250 e. The Hall–Kier alpha value is -1.84. The Morgan fingerprint density at radius 2 is 1.95 bits per heavy atom. The van der Waals surface area contributed by atoms with Crippen LogP contribution in [0.2, 0.25) is 0 Å². The minimum absolute atomic E-state index is 0.431. The van der Waals surface area contributed by atoms with Crippen molar-refractivity contribution in [1.29, 1.82) is 0 Å². The largest absolute Gasteiger partial charge is 0.420 e. The lowest BCUT2D eigenvalue weighted by molar-refractivity contribution is 0.367. The van der Waals surface area contributed by atoms with Gasteiger partial charge in [0.05, 0.1) is 5.56 Å². The highest BCUT2D eigenvalue weighted by Crippen LogP contribution is 2.34. The standard InChI is InChI=1S/C15H19N3O/c1-10-6-5-9-12(16)13(10)15-18-17-14(19-15)11-7-3-2-4-8-11/h5-6,9,11H,2-4,7-8,16H2,1H3. The lowest BCUT2D eigenvalue weighted by Crippen LogP contribution is -2.04. The van der Waals surface area contributed by atoms with Crippen LogP contribution >= 0.6 is 0 Å². The lowest BCUT2D eigenvalue weighted by atomic mass is 9.89. The van der Waals surface area contributed by atoms with E-state index in [2.05, 4.69) is 10.2 Å². The maximum absolute atomic E-state index is 6.01. The first-order valence-electron chi connectivity index (χ1n) is 6.94. The van der Waals surface area contributed by atoms with Crippen LogP contribution in [0.4, 0.5) is 5.69 Å². The van der Waals surface area contributed by atoms with Gasteiger partial charge in [0, 0.05) is 11.6 Å². The van der Waals surface area contributed by atoms with E-state index < -0.39 is 0 Å². The van der Waals surface area contributed by atoms with Crippen LogP contribution in [0.5, 0.6) is 0 Å². The second-order valence-corrected chi connectivity index (χ2v) is 5.32. The summed E-state index contributed by atoms with van der Waals surface area (Å²) in [5.74, 6) is 1.76. The van der Waals surface area contributed by atoms with E-state index in [4.69, 9.17) is 10.2 Å². The molecule has 0 amide bonds. The molecule has 100 valence electrons. The third-order valence-corrected chi connectivity index (χ3v) is 3.91. The van der Waals surface area contributed by atoms with Crippen LogP contribution in [-0.2, 0) is 0 Å². The van der Waals surface area contributed by atoms with Crippen molar-refractivity contribution in [2.75, 3.05) is 5.73 Å². The van der Waals surface area contributed by atoms with Crippen molar-refractivity contribution in [2.45, 2.75) is 44.9 Å². The van der Waals surface area contributed by atoms with Gasteiger partial charge in [-0.1, -0.05) is 31.4 Å². The van der Waals surface area contributed by atoms with E-state index >= 15 is 0 Å². The molecule has 0 saturated heterocycles. The number of benzene rings is 1. The van der Waals surface area contributed by atoms with E-state index in [1.165, 1.54) is 19.3 Å². The molecule has 0 spiro atoms. The van der Waals surface area contributed by atoms with Gasteiger partial charge in [-0.3, -0.25) is 0 Å². The summed E-state index contributed by atoms with van der Waals surface area (Å²) in [6, 6.07) is 5.82.